The van der Waals surface area contributed by atoms with E-state index in [1.54, 1.807) is 33.5 Å². The first-order valence-corrected chi connectivity index (χ1v) is 12.0. The van der Waals surface area contributed by atoms with Gasteiger partial charge in [0, 0.05) is 48.6 Å². The van der Waals surface area contributed by atoms with Crippen LogP contribution >= 0.6 is 0 Å². The zero-order valence-corrected chi connectivity index (χ0v) is 20.6. The van der Waals surface area contributed by atoms with Gasteiger partial charge >= 0.3 is 0 Å². The van der Waals surface area contributed by atoms with Crippen molar-refractivity contribution in [3.8, 4) is 28.0 Å². The normalized spacial score (nSPS) is 15.1. The number of para-hydroxylation sites is 1. The van der Waals surface area contributed by atoms with Gasteiger partial charge in [0.15, 0.2) is 0 Å². The number of methoxy groups -OCH3 is 1. The van der Waals surface area contributed by atoms with Crippen molar-refractivity contribution in [2.75, 3.05) is 33.1 Å². The van der Waals surface area contributed by atoms with Crippen LogP contribution in [0.3, 0.4) is 0 Å². The Morgan fingerprint density at radius 3 is 2.67 bits per heavy atom. The molecule has 0 bridgehead atoms. The Balaban J connectivity index is 1.55. The topological polar surface area (TPSA) is 99.3 Å². The number of carbonyl (C=O) groups excluding carboxylic acids is 2. The van der Waals surface area contributed by atoms with E-state index in [2.05, 4.69) is 26.7 Å². The van der Waals surface area contributed by atoms with E-state index in [1.165, 1.54) is 4.90 Å². The second kappa shape index (κ2) is 9.83. The second-order valence-electron chi connectivity index (χ2n) is 9.12. The van der Waals surface area contributed by atoms with Crippen LogP contribution in [0, 0.1) is 0 Å². The number of fused-ring (bicyclic) bond motifs is 1. The summed E-state index contributed by atoms with van der Waals surface area (Å²) in [5, 5.41) is 7.10. The first-order chi connectivity index (χ1) is 17.5. The van der Waals surface area contributed by atoms with E-state index >= 15 is 0 Å². The Morgan fingerprint density at radius 2 is 1.92 bits per heavy atom. The molecule has 1 atom stereocenters. The lowest BCUT2D eigenvalue weighted by atomic mass is 9.99. The summed E-state index contributed by atoms with van der Waals surface area (Å²) in [4.78, 5) is 35.2. The summed E-state index contributed by atoms with van der Waals surface area (Å²) in [6, 6.07) is 15.2. The van der Waals surface area contributed by atoms with Crippen molar-refractivity contribution >= 4 is 28.5 Å². The van der Waals surface area contributed by atoms with Crippen molar-refractivity contribution in [3.63, 3.8) is 0 Å². The molecule has 1 aliphatic rings. The molecule has 0 unspecified atom stereocenters. The summed E-state index contributed by atoms with van der Waals surface area (Å²) < 4.78 is 5.56. The first-order valence-electron chi connectivity index (χ1n) is 12.0. The van der Waals surface area contributed by atoms with Gasteiger partial charge in [-0.05, 0) is 49.2 Å². The number of aromatic amines is 1. The zero-order valence-electron chi connectivity index (χ0n) is 20.6. The van der Waals surface area contributed by atoms with Crippen molar-refractivity contribution in [2.24, 2.45) is 0 Å². The number of amides is 2. The fourth-order valence-electron chi connectivity index (χ4n) is 4.63. The highest BCUT2D eigenvalue weighted by molar-refractivity contribution is 6.06. The number of aromatic nitrogens is 2. The van der Waals surface area contributed by atoms with Crippen LogP contribution in [0.2, 0.25) is 0 Å². The van der Waals surface area contributed by atoms with Gasteiger partial charge in [-0.2, -0.15) is 0 Å². The van der Waals surface area contributed by atoms with Gasteiger partial charge in [-0.3, -0.25) is 9.59 Å². The van der Waals surface area contributed by atoms with Crippen LogP contribution in [-0.4, -0.2) is 60.5 Å². The Labute approximate surface area is 209 Å². The van der Waals surface area contributed by atoms with E-state index in [0.717, 1.165) is 58.4 Å². The fraction of sp³-hybridized carbons (Fsp3) is 0.250. The number of hydrogen-bond donors (Lipinski definition) is 3. The number of ether oxygens (including phenoxy) is 1. The standard InChI is InChI=1S/C28H29N5O3/c1-33(2)28(35)21-13-17(10-11-23(21)32-27(34)24-8-6-12-29-24)18-14-20-22(16-31-26(20)30-15-18)19-7-4-5-9-25(19)36-3/h4-5,7,9-11,13-16,24,29H,6,8,12H2,1-3H3,(H,30,31)(H,32,34)/t24-/m0/s1. The van der Waals surface area contributed by atoms with Gasteiger partial charge in [-0.25, -0.2) is 4.98 Å². The molecule has 184 valence electrons. The lowest BCUT2D eigenvalue weighted by Gasteiger charge is -2.18. The number of carbonyl (C=O) groups is 2. The molecule has 8 nitrogen and oxygen atoms in total. The predicted molar refractivity (Wildman–Crippen MR) is 141 cm³/mol. The van der Waals surface area contributed by atoms with E-state index in [-0.39, 0.29) is 17.9 Å². The maximum absolute atomic E-state index is 13.1. The predicted octanol–water partition coefficient (Wildman–Crippen LogP) is 4.30. The third kappa shape index (κ3) is 4.43. The maximum atomic E-state index is 13.1. The summed E-state index contributed by atoms with van der Waals surface area (Å²) in [5.41, 5.74) is 5.34. The molecule has 8 heteroatoms. The molecule has 0 saturated carbocycles. The number of pyridine rings is 1. The molecule has 3 N–H and O–H groups in total. The summed E-state index contributed by atoms with van der Waals surface area (Å²) in [6.07, 6.45) is 5.46. The van der Waals surface area contributed by atoms with Gasteiger partial charge in [0.05, 0.1) is 24.4 Å². The van der Waals surface area contributed by atoms with Gasteiger partial charge in [-0.15, -0.1) is 0 Å². The third-order valence-electron chi connectivity index (χ3n) is 6.55. The Morgan fingerprint density at radius 1 is 1.08 bits per heavy atom. The minimum atomic E-state index is -0.236. The van der Waals surface area contributed by atoms with Crippen molar-refractivity contribution in [1.82, 2.24) is 20.2 Å². The monoisotopic (exact) mass is 483 g/mol. The van der Waals surface area contributed by atoms with Crippen molar-refractivity contribution < 1.29 is 14.3 Å². The Kier molecular flexibility index (Phi) is 6.43. The smallest absolute Gasteiger partial charge is 0.255 e. The number of hydrogen-bond acceptors (Lipinski definition) is 5. The van der Waals surface area contributed by atoms with E-state index in [9.17, 15) is 9.59 Å². The molecule has 5 rings (SSSR count). The highest BCUT2D eigenvalue weighted by Gasteiger charge is 2.24. The Bertz CT molecular complexity index is 1440. The minimum Gasteiger partial charge on any atom is -0.496 e. The molecule has 1 aliphatic heterocycles. The third-order valence-corrected chi connectivity index (χ3v) is 6.55. The summed E-state index contributed by atoms with van der Waals surface area (Å²) >= 11 is 0. The van der Waals surface area contributed by atoms with Gasteiger partial charge in [0.2, 0.25) is 5.91 Å². The molecule has 1 saturated heterocycles. The van der Waals surface area contributed by atoms with Gasteiger partial charge in [0.1, 0.15) is 11.4 Å². The molecule has 4 aromatic rings. The van der Waals surface area contributed by atoms with Gasteiger partial charge in [-0.1, -0.05) is 24.3 Å². The number of benzene rings is 2. The van der Waals surface area contributed by atoms with E-state index < -0.39 is 0 Å². The average molecular weight is 484 g/mol. The number of nitrogens with zero attached hydrogens (tertiary/aromatic N) is 2. The molecular weight excluding hydrogens is 454 g/mol. The molecule has 36 heavy (non-hydrogen) atoms. The van der Waals surface area contributed by atoms with Crippen molar-refractivity contribution in [2.45, 2.75) is 18.9 Å². The summed E-state index contributed by atoms with van der Waals surface area (Å²) in [6.45, 7) is 0.825. The van der Waals surface area contributed by atoms with E-state index in [4.69, 9.17) is 4.74 Å². The largest absolute Gasteiger partial charge is 0.496 e. The first kappa shape index (κ1) is 23.6. The molecule has 2 amide bonds. The van der Waals surface area contributed by atoms with Crippen molar-refractivity contribution in [3.05, 3.63) is 66.5 Å². The van der Waals surface area contributed by atoms with Crippen molar-refractivity contribution in [1.29, 1.82) is 0 Å². The van der Waals surface area contributed by atoms with Crippen LogP contribution in [-0.2, 0) is 4.79 Å². The minimum absolute atomic E-state index is 0.120. The second-order valence-corrected chi connectivity index (χ2v) is 9.12. The van der Waals surface area contributed by atoms with Crippen LogP contribution in [0.25, 0.3) is 33.3 Å². The molecule has 1 fully saturated rings. The van der Waals surface area contributed by atoms with Crippen LogP contribution in [0.4, 0.5) is 5.69 Å². The molecule has 0 spiro atoms. The number of anilines is 1. The zero-order chi connectivity index (χ0) is 25.2. The lowest BCUT2D eigenvalue weighted by molar-refractivity contribution is -0.117. The highest BCUT2D eigenvalue weighted by atomic mass is 16.5. The number of nitrogens with one attached hydrogen (secondary N) is 3. The summed E-state index contributed by atoms with van der Waals surface area (Å²) in [5.74, 6) is 0.473. The van der Waals surface area contributed by atoms with Gasteiger partial charge in [0.25, 0.3) is 5.91 Å². The van der Waals surface area contributed by atoms with E-state index in [1.807, 2.05) is 42.6 Å². The van der Waals surface area contributed by atoms with Crippen LogP contribution < -0.4 is 15.4 Å². The Hall–Kier alpha value is -4.17. The number of H-pyrrole nitrogens is 1. The lowest BCUT2D eigenvalue weighted by Crippen LogP contribution is -2.36. The SMILES string of the molecule is COc1ccccc1-c1c[nH]c2ncc(-c3ccc(NC(=O)[C@@H]4CCCN4)c(C(=O)N(C)C)c3)cc12. The van der Waals surface area contributed by atoms with Crippen LogP contribution in [0.1, 0.15) is 23.2 Å². The van der Waals surface area contributed by atoms with Gasteiger partial charge < -0.3 is 25.3 Å². The maximum Gasteiger partial charge on any atom is 0.255 e. The summed E-state index contributed by atoms with van der Waals surface area (Å²) in [7, 11) is 5.06. The molecule has 2 aromatic heterocycles. The molecular formula is C28H29N5O3. The van der Waals surface area contributed by atoms with Crippen LogP contribution in [0.5, 0.6) is 5.75 Å². The van der Waals surface area contributed by atoms with E-state index in [0.29, 0.717) is 11.3 Å². The van der Waals surface area contributed by atoms with Crippen LogP contribution in [0.15, 0.2) is 60.9 Å². The number of rotatable bonds is 6. The molecule has 3 heterocycles. The quantitative estimate of drug-likeness (QED) is 0.380. The fourth-order valence-corrected chi connectivity index (χ4v) is 4.63. The molecule has 2 aromatic carbocycles. The average Bonchev–Trinajstić information content (AvgIpc) is 3.58. The molecule has 0 aliphatic carbocycles. The highest BCUT2D eigenvalue weighted by Crippen LogP contribution is 2.36. The molecule has 0 radical (unpaired) electrons.